The van der Waals surface area contributed by atoms with Crippen molar-refractivity contribution in [3.8, 4) is 5.75 Å². The maximum atomic E-state index is 11.9. The van der Waals surface area contributed by atoms with Gasteiger partial charge in [-0.1, -0.05) is 36.2 Å². The zero-order valence-corrected chi connectivity index (χ0v) is 22.1. The summed E-state index contributed by atoms with van der Waals surface area (Å²) < 4.78 is 20.3. The van der Waals surface area contributed by atoms with Crippen molar-refractivity contribution in [2.24, 2.45) is 0 Å². The lowest BCUT2D eigenvalue weighted by molar-refractivity contribution is -0.190. The molecule has 11 heteroatoms. The van der Waals surface area contributed by atoms with Gasteiger partial charge in [-0.25, -0.2) is 9.67 Å². The van der Waals surface area contributed by atoms with Crippen LogP contribution in [-0.2, 0) is 26.6 Å². The highest BCUT2D eigenvalue weighted by Gasteiger charge is 2.45. The summed E-state index contributed by atoms with van der Waals surface area (Å²) in [6.45, 7) is 5.95. The first-order valence-electron chi connectivity index (χ1n) is 12.3. The first-order chi connectivity index (χ1) is 18.0. The van der Waals surface area contributed by atoms with Crippen LogP contribution in [0.4, 0.5) is 5.69 Å². The summed E-state index contributed by atoms with van der Waals surface area (Å²) in [4.78, 5) is 20.1. The van der Waals surface area contributed by atoms with Gasteiger partial charge in [0.1, 0.15) is 37.7 Å². The van der Waals surface area contributed by atoms with Crippen LogP contribution in [0.25, 0.3) is 0 Å². The van der Waals surface area contributed by atoms with E-state index in [-0.39, 0.29) is 18.6 Å². The van der Waals surface area contributed by atoms with Gasteiger partial charge in [0.15, 0.2) is 0 Å². The largest absolute Gasteiger partial charge is 0.491 e. The molecule has 3 heterocycles. The number of rotatable bonds is 8. The molecule has 1 aromatic heterocycles. The third kappa shape index (κ3) is 5.85. The molecule has 5 rings (SSSR count). The zero-order valence-electron chi connectivity index (χ0n) is 20.6. The molecule has 0 aliphatic carbocycles. The fourth-order valence-electron chi connectivity index (χ4n) is 4.66. The number of nitrogens with zero attached hydrogens (tertiary/aromatic N) is 5. The van der Waals surface area contributed by atoms with E-state index in [1.807, 2.05) is 42.2 Å². The number of ether oxygens (including phenoxy) is 3. The number of carbonyl (C=O) groups is 1. The van der Waals surface area contributed by atoms with Gasteiger partial charge in [0.25, 0.3) is 0 Å². The molecule has 0 N–H and O–H groups in total. The number of hydrogen-bond acceptors (Lipinski definition) is 7. The lowest BCUT2D eigenvalue weighted by Gasteiger charge is -2.36. The number of amides is 1. The fourth-order valence-corrected chi connectivity index (χ4v) is 5.21. The van der Waals surface area contributed by atoms with Gasteiger partial charge < -0.3 is 24.0 Å². The molecule has 1 amide bonds. The predicted octanol–water partition coefficient (Wildman–Crippen LogP) is 3.99. The summed E-state index contributed by atoms with van der Waals surface area (Å²) in [7, 11) is 0. The SMILES string of the molecule is CCC(=O)N1CCN(c2ccc(OCC3COC(Cn4cncn4)(c4ccc(Cl)cc4Cl)O3)cc2)CC1. The average molecular weight is 546 g/mol. The minimum atomic E-state index is -1.14. The molecule has 0 spiro atoms. The minimum absolute atomic E-state index is 0.213. The van der Waals surface area contributed by atoms with Crippen LogP contribution in [0.2, 0.25) is 10.0 Å². The molecule has 2 aliphatic rings. The van der Waals surface area contributed by atoms with Crippen LogP contribution < -0.4 is 9.64 Å². The molecular weight excluding hydrogens is 517 g/mol. The van der Waals surface area contributed by atoms with E-state index >= 15 is 0 Å². The van der Waals surface area contributed by atoms with E-state index in [1.165, 1.54) is 6.33 Å². The quantitative estimate of drug-likeness (QED) is 0.423. The van der Waals surface area contributed by atoms with E-state index in [0.29, 0.717) is 35.2 Å². The zero-order chi connectivity index (χ0) is 25.8. The maximum Gasteiger partial charge on any atom is 0.222 e. The van der Waals surface area contributed by atoms with Gasteiger partial charge >= 0.3 is 0 Å². The number of aromatic nitrogens is 3. The number of benzene rings is 2. The van der Waals surface area contributed by atoms with Gasteiger partial charge in [0, 0.05) is 48.9 Å². The van der Waals surface area contributed by atoms with Crippen molar-refractivity contribution < 1.29 is 19.0 Å². The summed E-state index contributed by atoms with van der Waals surface area (Å²) in [5.41, 5.74) is 1.78. The molecule has 2 aliphatic heterocycles. The average Bonchev–Trinajstić information content (AvgIpc) is 3.58. The Hall–Kier alpha value is -2.85. The number of anilines is 1. The number of halogens is 2. The fraction of sp³-hybridized carbons (Fsp3) is 0.423. The smallest absolute Gasteiger partial charge is 0.222 e. The molecule has 3 aromatic rings. The molecular formula is C26H29Cl2N5O4. The van der Waals surface area contributed by atoms with Crippen molar-refractivity contribution in [2.45, 2.75) is 31.8 Å². The van der Waals surface area contributed by atoms with Crippen LogP contribution in [0.15, 0.2) is 55.1 Å². The van der Waals surface area contributed by atoms with Crippen LogP contribution in [0.1, 0.15) is 18.9 Å². The van der Waals surface area contributed by atoms with Crippen LogP contribution >= 0.6 is 23.2 Å². The minimum Gasteiger partial charge on any atom is -0.491 e. The second-order valence-corrected chi connectivity index (χ2v) is 9.89. The Morgan fingerprint density at radius 3 is 2.59 bits per heavy atom. The summed E-state index contributed by atoms with van der Waals surface area (Å²) in [6, 6.07) is 13.2. The second-order valence-electron chi connectivity index (χ2n) is 9.05. The Labute approximate surface area is 225 Å². The summed E-state index contributed by atoms with van der Waals surface area (Å²) in [6.07, 6.45) is 3.29. The summed E-state index contributed by atoms with van der Waals surface area (Å²) >= 11 is 12.6. The maximum absolute atomic E-state index is 11.9. The lowest BCUT2D eigenvalue weighted by Crippen LogP contribution is -2.48. The van der Waals surface area contributed by atoms with Crippen molar-refractivity contribution in [1.82, 2.24) is 19.7 Å². The molecule has 9 nitrogen and oxygen atoms in total. The summed E-state index contributed by atoms with van der Waals surface area (Å²) in [5, 5.41) is 5.18. The van der Waals surface area contributed by atoms with E-state index in [9.17, 15) is 4.79 Å². The number of piperazine rings is 1. The summed E-state index contributed by atoms with van der Waals surface area (Å²) in [5.74, 6) is -0.190. The molecule has 2 saturated heterocycles. The normalized spacial score (nSPS) is 21.9. The lowest BCUT2D eigenvalue weighted by atomic mass is 10.1. The Morgan fingerprint density at radius 1 is 1.14 bits per heavy atom. The Kier molecular flexibility index (Phi) is 7.85. The molecule has 37 heavy (non-hydrogen) atoms. The van der Waals surface area contributed by atoms with E-state index in [1.54, 1.807) is 23.1 Å². The van der Waals surface area contributed by atoms with E-state index < -0.39 is 5.79 Å². The molecule has 0 radical (unpaired) electrons. The Morgan fingerprint density at radius 2 is 1.92 bits per heavy atom. The number of carbonyl (C=O) groups excluding carboxylic acids is 1. The van der Waals surface area contributed by atoms with E-state index in [4.69, 9.17) is 37.4 Å². The van der Waals surface area contributed by atoms with Crippen LogP contribution in [-0.4, -0.2) is 71.1 Å². The van der Waals surface area contributed by atoms with Gasteiger partial charge in [-0.3, -0.25) is 4.79 Å². The predicted molar refractivity (Wildman–Crippen MR) is 140 cm³/mol. The van der Waals surface area contributed by atoms with Crippen molar-refractivity contribution in [3.63, 3.8) is 0 Å². The highest BCUT2D eigenvalue weighted by Crippen LogP contribution is 2.40. The van der Waals surface area contributed by atoms with Crippen molar-refractivity contribution in [3.05, 3.63) is 70.7 Å². The van der Waals surface area contributed by atoms with E-state index in [2.05, 4.69) is 15.0 Å². The molecule has 0 bridgehead atoms. The molecule has 0 saturated carbocycles. The molecule has 196 valence electrons. The highest BCUT2D eigenvalue weighted by atomic mass is 35.5. The van der Waals surface area contributed by atoms with Gasteiger partial charge in [-0.15, -0.1) is 0 Å². The molecule has 2 aromatic carbocycles. The monoisotopic (exact) mass is 545 g/mol. The molecule has 2 atom stereocenters. The first kappa shape index (κ1) is 25.8. The highest BCUT2D eigenvalue weighted by molar-refractivity contribution is 6.35. The third-order valence-electron chi connectivity index (χ3n) is 6.61. The van der Waals surface area contributed by atoms with Gasteiger partial charge in [-0.2, -0.15) is 5.10 Å². The molecule has 2 unspecified atom stereocenters. The van der Waals surface area contributed by atoms with Crippen molar-refractivity contribution >= 4 is 34.8 Å². The van der Waals surface area contributed by atoms with Crippen LogP contribution in [0.3, 0.4) is 0 Å². The van der Waals surface area contributed by atoms with Gasteiger partial charge in [-0.05, 0) is 36.4 Å². The van der Waals surface area contributed by atoms with Crippen LogP contribution in [0.5, 0.6) is 5.75 Å². The Balaban J connectivity index is 1.20. The van der Waals surface area contributed by atoms with Crippen LogP contribution in [0, 0.1) is 0 Å². The first-order valence-corrected chi connectivity index (χ1v) is 13.1. The van der Waals surface area contributed by atoms with Gasteiger partial charge in [0.05, 0.1) is 11.6 Å². The Bertz CT molecular complexity index is 1200. The van der Waals surface area contributed by atoms with Crippen molar-refractivity contribution in [2.75, 3.05) is 44.3 Å². The standard InChI is InChI=1S/C26H29Cl2N5O4/c1-2-25(34)32-11-9-31(10-12-32)20-4-6-21(7-5-20)35-14-22-15-36-26(37-22,16-33-18-29-17-30-33)23-8-3-19(27)13-24(23)28/h3-8,13,17-18,22H,2,9-12,14-16H2,1H3. The van der Waals surface area contributed by atoms with E-state index in [0.717, 1.165) is 37.6 Å². The topological polar surface area (TPSA) is 82.0 Å². The second kappa shape index (κ2) is 11.3. The van der Waals surface area contributed by atoms with Gasteiger partial charge in [0.2, 0.25) is 11.7 Å². The molecule has 2 fully saturated rings. The third-order valence-corrected chi connectivity index (χ3v) is 7.16. The number of hydrogen-bond donors (Lipinski definition) is 0. The van der Waals surface area contributed by atoms with Crippen molar-refractivity contribution in [1.29, 1.82) is 0 Å².